The molecule has 2 aliphatic heterocycles. The number of imide groups is 2. The maximum absolute atomic E-state index is 14.2. The average molecular weight is 730 g/mol. The second kappa shape index (κ2) is 13.8. The molecule has 1 aliphatic carbocycles. The Labute approximate surface area is 309 Å². The monoisotopic (exact) mass is 729 g/mol. The summed E-state index contributed by atoms with van der Waals surface area (Å²) in [4.78, 5) is 56.5. The Hall–Kier alpha value is -6.44. The summed E-state index contributed by atoms with van der Waals surface area (Å²) in [6.45, 7) is 4.47. The molecule has 0 bridgehead atoms. The van der Waals surface area contributed by atoms with Gasteiger partial charge in [-0.15, -0.1) is 4.80 Å². The van der Waals surface area contributed by atoms with Crippen LogP contribution in [0.25, 0.3) is 5.82 Å². The van der Waals surface area contributed by atoms with Gasteiger partial charge in [-0.2, -0.15) is 10.2 Å². The van der Waals surface area contributed by atoms with Crippen molar-refractivity contribution < 1.29 is 33.0 Å². The van der Waals surface area contributed by atoms with Gasteiger partial charge in [0.2, 0.25) is 17.6 Å². The Bertz CT molecular complexity index is 2250. The summed E-state index contributed by atoms with van der Waals surface area (Å²) in [5.74, 6) is -1.17. The molecular weight excluding hydrogens is 693 g/mol. The number of benzene rings is 3. The molecule has 274 valence electrons. The number of hydrogen-bond acceptors (Lipinski definition) is 10. The maximum Gasteiger partial charge on any atom is 0.262 e. The number of carbonyl (C=O) groups is 4. The van der Waals surface area contributed by atoms with E-state index in [1.165, 1.54) is 18.5 Å². The number of aromatic nitrogens is 4. The first-order valence-electron chi connectivity index (χ1n) is 17.7. The smallest absolute Gasteiger partial charge is 0.262 e. The summed E-state index contributed by atoms with van der Waals surface area (Å²) < 4.78 is 26.4. The van der Waals surface area contributed by atoms with E-state index < -0.39 is 35.5 Å². The van der Waals surface area contributed by atoms with Crippen molar-refractivity contribution in [3.63, 3.8) is 0 Å². The van der Waals surface area contributed by atoms with E-state index in [1.54, 1.807) is 24.3 Å². The van der Waals surface area contributed by atoms with Crippen LogP contribution in [0.3, 0.4) is 0 Å². The fraction of sp³-hybridized carbons (Fsp3) is 0.275. The number of nitrogens with one attached hydrogen (secondary N) is 2. The summed E-state index contributed by atoms with van der Waals surface area (Å²) >= 11 is 0. The molecule has 1 unspecified atom stereocenters. The zero-order valence-corrected chi connectivity index (χ0v) is 29.5. The lowest BCUT2D eigenvalue weighted by atomic mass is 9.78. The highest BCUT2D eigenvalue weighted by molar-refractivity contribution is 6.23. The molecule has 5 aromatic rings. The third-order valence-electron chi connectivity index (χ3n) is 10.2. The Morgan fingerprint density at radius 3 is 2.20 bits per heavy atom. The highest BCUT2D eigenvalue weighted by Crippen LogP contribution is 2.36. The molecule has 1 saturated heterocycles. The first-order valence-corrected chi connectivity index (χ1v) is 17.7. The van der Waals surface area contributed by atoms with Gasteiger partial charge in [0.15, 0.2) is 5.82 Å². The minimum absolute atomic E-state index is 0.0123. The van der Waals surface area contributed by atoms with Crippen molar-refractivity contribution in [3.05, 3.63) is 125 Å². The predicted molar refractivity (Wildman–Crippen MR) is 193 cm³/mol. The van der Waals surface area contributed by atoms with E-state index in [4.69, 9.17) is 9.47 Å². The standard InChI is InChI=1S/C40H36FN7O6/c1-40(2,23-3-9-28(10-4-23)53-22-26-8-14-33(41)36(45-26)48-42-17-18-43-48)24-5-11-29(12-6-24)54-30-19-27(20-30)44-25-7-13-31-32(21-25)39(52)47(38(31)51)34-15-16-35(49)46-37(34)50/h3-14,17-18,21,27,30,34,44H,15-16,19-20,22H2,1-2H3,(H,46,49,50). The number of ether oxygens (including phenoxy) is 2. The SMILES string of the molecule is CC(C)(c1ccc(OCc2ccc(F)c(-n3nccn3)n2)cc1)c1ccc(OC2CC(Nc3ccc4c(c3)C(=O)N(C3CCC(=O)NC3=O)C4=O)C2)cc1. The van der Waals surface area contributed by atoms with E-state index in [-0.39, 0.29) is 54.0 Å². The first-order chi connectivity index (χ1) is 26.0. The molecule has 0 radical (unpaired) electrons. The second-order valence-electron chi connectivity index (χ2n) is 14.1. The lowest BCUT2D eigenvalue weighted by Crippen LogP contribution is -2.54. The van der Waals surface area contributed by atoms with Gasteiger partial charge in [-0.25, -0.2) is 9.37 Å². The van der Waals surface area contributed by atoms with Crippen LogP contribution >= 0.6 is 0 Å². The lowest BCUT2D eigenvalue weighted by Gasteiger charge is -2.36. The van der Waals surface area contributed by atoms with Crippen LogP contribution < -0.4 is 20.1 Å². The molecule has 14 heteroatoms. The van der Waals surface area contributed by atoms with Crippen LogP contribution in [0.4, 0.5) is 10.1 Å². The van der Waals surface area contributed by atoms with Gasteiger partial charge in [0, 0.05) is 36.4 Å². The molecule has 3 aliphatic rings. The van der Waals surface area contributed by atoms with Crippen molar-refractivity contribution in [2.24, 2.45) is 0 Å². The van der Waals surface area contributed by atoms with Crippen LogP contribution in [0.5, 0.6) is 11.5 Å². The molecular formula is C40H36FN7O6. The third kappa shape index (κ3) is 6.66. The van der Waals surface area contributed by atoms with Crippen molar-refractivity contribution in [1.29, 1.82) is 0 Å². The highest BCUT2D eigenvalue weighted by Gasteiger charge is 2.45. The Morgan fingerprint density at radius 1 is 0.852 bits per heavy atom. The Kier molecular flexibility index (Phi) is 8.88. The van der Waals surface area contributed by atoms with E-state index >= 15 is 0 Å². The van der Waals surface area contributed by atoms with Gasteiger partial charge in [0.1, 0.15) is 30.3 Å². The lowest BCUT2D eigenvalue weighted by molar-refractivity contribution is -0.136. The largest absolute Gasteiger partial charge is 0.490 e. The third-order valence-corrected chi connectivity index (χ3v) is 10.2. The summed E-state index contributed by atoms with van der Waals surface area (Å²) in [5, 5.41) is 13.5. The fourth-order valence-corrected chi connectivity index (χ4v) is 7.03. The number of pyridine rings is 1. The zero-order chi connectivity index (χ0) is 37.6. The van der Waals surface area contributed by atoms with Crippen LogP contribution in [0.2, 0.25) is 0 Å². The minimum Gasteiger partial charge on any atom is -0.490 e. The zero-order valence-electron chi connectivity index (χ0n) is 29.5. The van der Waals surface area contributed by atoms with Crippen molar-refractivity contribution in [3.8, 4) is 17.3 Å². The molecule has 13 nitrogen and oxygen atoms in total. The van der Waals surface area contributed by atoms with Crippen LogP contribution in [-0.4, -0.2) is 66.7 Å². The van der Waals surface area contributed by atoms with Crippen LogP contribution in [0.1, 0.15) is 77.1 Å². The van der Waals surface area contributed by atoms with E-state index in [0.29, 0.717) is 17.1 Å². The van der Waals surface area contributed by atoms with Crippen LogP contribution in [-0.2, 0) is 21.6 Å². The van der Waals surface area contributed by atoms with Crippen LogP contribution in [0, 0.1) is 5.82 Å². The minimum atomic E-state index is -0.996. The van der Waals surface area contributed by atoms with Gasteiger partial charge in [0.05, 0.1) is 29.2 Å². The molecule has 1 atom stereocenters. The van der Waals surface area contributed by atoms with Gasteiger partial charge in [-0.1, -0.05) is 38.1 Å². The molecule has 2 aromatic heterocycles. The molecule has 54 heavy (non-hydrogen) atoms. The second-order valence-corrected chi connectivity index (χ2v) is 14.1. The number of piperidine rings is 1. The molecule has 2 fully saturated rings. The van der Waals surface area contributed by atoms with Crippen molar-refractivity contribution in [2.75, 3.05) is 5.32 Å². The maximum atomic E-state index is 14.2. The van der Waals surface area contributed by atoms with Gasteiger partial charge < -0.3 is 14.8 Å². The average Bonchev–Trinajstić information content (AvgIpc) is 3.77. The number of anilines is 1. The van der Waals surface area contributed by atoms with E-state index in [9.17, 15) is 23.6 Å². The number of rotatable bonds is 11. The summed E-state index contributed by atoms with van der Waals surface area (Å²) in [6.07, 6.45) is 4.64. The fourth-order valence-electron chi connectivity index (χ4n) is 7.03. The number of fused-ring (bicyclic) bond motifs is 1. The van der Waals surface area contributed by atoms with E-state index in [1.807, 2.05) is 36.4 Å². The normalized spacial score (nSPS) is 19.6. The van der Waals surface area contributed by atoms with E-state index in [2.05, 4.69) is 51.8 Å². The van der Waals surface area contributed by atoms with Gasteiger partial charge in [-0.05, 0) is 72.1 Å². The van der Waals surface area contributed by atoms with Crippen molar-refractivity contribution in [2.45, 2.75) is 69.7 Å². The molecule has 4 amide bonds. The van der Waals surface area contributed by atoms with Crippen LogP contribution in [0.15, 0.2) is 91.3 Å². The molecule has 2 N–H and O–H groups in total. The van der Waals surface area contributed by atoms with Gasteiger partial charge in [-0.3, -0.25) is 29.4 Å². The van der Waals surface area contributed by atoms with Gasteiger partial charge >= 0.3 is 0 Å². The summed E-state index contributed by atoms with van der Waals surface area (Å²) in [6, 6.07) is 23.0. The number of nitrogens with zero attached hydrogens (tertiary/aromatic N) is 5. The Balaban J connectivity index is 0.825. The topological polar surface area (TPSA) is 158 Å². The quantitative estimate of drug-likeness (QED) is 0.175. The molecule has 4 heterocycles. The number of amides is 4. The van der Waals surface area contributed by atoms with Crippen molar-refractivity contribution in [1.82, 2.24) is 30.2 Å². The van der Waals surface area contributed by atoms with Gasteiger partial charge in [0.25, 0.3) is 11.8 Å². The molecule has 0 spiro atoms. The highest BCUT2D eigenvalue weighted by atomic mass is 19.1. The molecule has 3 aromatic carbocycles. The summed E-state index contributed by atoms with van der Waals surface area (Å²) in [7, 11) is 0. The first kappa shape index (κ1) is 34.6. The molecule has 1 saturated carbocycles. The number of hydrogen-bond donors (Lipinski definition) is 2. The summed E-state index contributed by atoms with van der Waals surface area (Å²) in [5.41, 5.74) is 3.66. The molecule has 8 rings (SSSR count). The van der Waals surface area contributed by atoms with Crippen molar-refractivity contribution >= 4 is 29.3 Å². The predicted octanol–water partition coefficient (Wildman–Crippen LogP) is 5.13. The Morgan fingerprint density at radius 2 is 1.52 bits per heavy atom. The number of carbonyl (C=O) groups excluding carboxylic acids is 4. The number of halogens is 1. The van der Waals surface area contributed by atoms with E-state index in [0.717, 1.165) is 39.4 Å².